The molecule has 2 atom stereocenters. The summed E-state index contributed by atoms with van der Waals surface area (Å²) in [5.74, 6) is -1.28. The van der Waals surface area contributed by atoms with Crippen LogP contribution in [0.3, 0.4) is 0 Å². The number of nitrogens with zero attached hydrogens (tertiary/aromatic N) is 1. The van der Waals surface area contributed by atoms with Gasteiger partial charge >= 0.3 is 6.09 Å². The highest BCUT2D eigenvalue weighted by atomic mass is 16.6. The maximum atomic E-state index is 13.9. The summed E-state index contributed by atoms with van der Waals surface area (Å²) in [7, 11) is 0. The van der Waals surface area contributed by atoms with Crippen LogP contribution in [0.5, 0.6) is 0 Å². The van der Waals surface area contributed by atoms with E-state index in [-0.39, 0.29) is 24.8 Å². The second-order valence-corrected chi connectivity index (χ2v) is 10.3. The van der Waals surface area contributed by atoms with Crippen molar-refractivity contribution in [3.8, 4) is 0 Å². The van der Waals surface area contributed by atoms with Gasteiger partial charge < -0.3 is 26.0 Å². The number of alkyl carbamates (subject to hydrolysis) is 1. The van der Waals surface area contributed by atoms with E-state index in [1.807, 2.05) is 31.2 Å². The molecule has 0 spiro atoms. The van der Waals surface area contributed by atoms with Crippen LogP contribution in [0.15, 0.2) is 24.3 Å². The van der Waals surface area contributed by atoms with Crippen LogP contribution in [0.4, 0.5) is 4.79 Å². The van der Waals surface area contributed by atoms with Gasteiger partial charge in [0.15, 0.2) is 0 Å². The smallest absolute Gasteiger partial charge is 0.408 e. The molecule has 200 valence electrons. The number of carbonyl (C=O) groups excluding carboxylic acids is 4. The number of hydrogen-bond acceptors (Lipinski definition) is 5. The zero-order chi connectivity index (χ0) is 26.9. The summed E-state index contributed by atoms with van der Waals surface area (Å²) >= 11 is 0. The van der Waals surface area contributed by atoms with Crippen molar-refractivity contribution in [2.75, 3.05) is 6.54 Å². The molecule has 1 aromatic rings. The minimum Gasteiger partial charge on any atom is -0.444 e. The Labute approximate surface area is 214 Å². The molecule has 0 aliphatic heterocycles. The highest BCUT2D eigenvalue weighted by Gasteiger charge is 2.44. The number of benzene rings is 1. The summed E-state index contributed by atoms with van der Waals surface area (Å²) in [6.07, 6.45) is 3.27. The Balaban J connectivity index is 2.41. The monoisotopic (exact) mass is 502 g/mol. The third-order valence-electron chi connectivity index (χ3n) is 5.92. The van der Waals surface area contributed by atoms with Gasteiger partial charge in [-0.1, -0.05) is 44.5 Å². The van der Waals surface area contributed by atoms with E-state index in [2.05, 4.69) is 17.6 Å². The van der Waals surface area contributed by atoms with Gasteiger partial charge in [-0.15, -0.1) is 0 Å². The largest absolute Gasteiger partial charge is 0.444 e. The molecule has 9 nitrogen and oxygen atoms in total. The predicted octanol–water partition coefficient (Wildman–Crippen LogP) is 3.36. The number of primary amides is 1. The van der Waals surface area contributed by atoms with E-state index in [9.17, 15) is 19.2 Å². The number of amides is 4. The fourth-order valence-electron chi connectivity index (χ4n) is 3.90. The second kappa shape index (κ2) is 13.3. The molecule has 2 unspecified atom stereocenters. The Morgan fingerprint density at radius 3 is 2.25 bits per heavy atom. The number of nitrogens with one attached hydrogen (secondary N) is 2. The normalized spacial score (nSPS) is 14.9. The molecule has 0 radical (unpaired) electrons. The molecule has 4 N–H and O–H groups in total. The van der Waals surface area contributed by atoms with Crippen LogP contribution in [0.25, 0.3) is 0 Å². The Morgan fingerprint density at radius 2 is 1.75 bits per heavy atom. The zero-order valence-electron chi connectivity index (χ0n) is 22.3. The van der Waals surface area contributed by atoms with Gasteiger partial charge in [0, 0.05) is 19.0 Å². The van der Waals surface area contributed by atoms with Crippen molar-refractivity contribution in [3.05, 3.63) is 35.4 Å². The third kappa shape index (κ3) is 9.17. The van der Waals surface area contributed by atoms with E-state index in [0.717, 1.165) is 37.7 Å². The van der Waals surface area contributed by atoms with E-state index < -0.39 is 35.6 Å². The first-order chi connectivity index (χ1) is 17.0. The number of rotatable bonds is 13. The number of carbonyl (C=O) groups is 4. The Hall–Kier alpha value is -3.10. The first-order valence-electron chi connectivity index (χ1n) is 12.9. The molecule has 9 heteroatoms. The van der Waals surface area contributed by atoms with Crippen LogP contribution >= 0.6 is 0 Å². The summed E-state index contributed by atoms with van der Waals surface area (Å²) < 4.78 is 5.35. The van der Waals surface area contributed by atoms with Gasteiger partial charge in [0.2, 0.25) is 17.7 Å². The lowest BCUT2D eigenvalue weighted by atomic mass is 9.99. The van der Waals surface area contributed by atoms with Crippen LogP contribution in [0.1, 0.15) is 90.3 Å². The lowest BCUT2D eigenvalue weighted by molar-refractivity contribution is -0.143. The number of nitrogens with two attached hydrogens (primary N) is 1. The molecule has 2 rings (SSSR count). The van der Waals surface area contributed by atoms with Crippen LogP contribution < -0.4 is 16.4 Å². The minimum absolute atomic E-state index is 0.00950. The predicted molar refractivity (Wildman–Crippen MR) is 138 cm³/mol. The molecule has 1 saturated carbocycles. The summed E-state index contributed by atoms with van der Waals surface area (Å²) in [5, 5.41) is 5.59. The van der Waals surface area contributed by atoms with Crippen LogP contribution in [0.2, 0.25) is 0 Å². The van der Waals surface area contributed by atoms with Gasteiger partial charge in [-0.3, -0.25) is 14.4 Å². The Kier molecular flexibility index (Phi) is 10.7. The Morgan fingerprint density at radius 1 is 1.11 bits per heavy atom. The first-order valence-corrected chi connectivity index (χ1v) is 12.9. The average molecular weight is 503 g/mol. The van der Waals surface area contributed by atoms with Crippen LogP contribution in [0, 0.1) is 0 Å². The van der Waals surface area contributed by atoms with Crippen molar-refractivity contribution in [1.29, 1.82) is 0 Å². The molecule has 1 aliphatic rings. The topological polar surface area (TPSA) is 131 Å². The fourth-order valence-corrected chi connectivity index (χ4v) is 3.90. The van der Waals surface area contributed by atoms with E-state index in [1.165, 1.54) is 0 Å². The van der Waals surface area contributed by atoms with Crippen molar-refractivity contribution in [3.63, 3.8) is 0 Å². The van der Waals surface area contributed by atoms with E-state index >= 15 is 0 Å². The molecule has 4 amide bonds. The van der Waals surface area contributed by atoms with Gasteiger partial charge in [-0.2, -0.15) is 0 Å². The van der Waals surface area contributed by atoms with E-state index in [1.54, 1.807) is 25.7 Å². The quantitative estimate of drug-likeness (QED) is 0.356. The van der Waals surface area contributed by atoms with Crippen LogP contribution in [-0.2, 0) is 25.5 Å². The second-order valence-electron chi connectivity index (χ2n) is 10.3. The molecule has 1 aromatic carbocycles. The summed E-state index contributed by atoms with van der Waals surface area (Å²) in [4.78, 5) is 53.0. The van der Waals surface area contributed by atoms with E-state index in [4.69, 9.17) is 10.5 Å². The average Bonchev–Trinajstić information content (AvgIpc) is 3.63. The fraction of sp³-hybridized carbons (Fsp3) is 0.630. The SMILES string of the molecule is CCCCNC(=O)C(c1ccc(CC)cc1)N(C(=O)C(CCC(N)=O)NC(=O)OC(C)(C)C)C1CC1. The minimum atomic E-state index is -1.06. The van der Waals surface area contributed by atoms with E-state index in [0.29, 0.717) is 12.1 Å². The third-order valence-corrected chi connectivity index (χ3v) is 5.92. The first kappa shape index (κ1) is 29.1. The summed E-state index contributed by atoms with van der Waals surface area (Å²) in [5.41, 5.74) is 6.41. The number of hydrogen-bond donors (Lipinski definition) is 3. The van der Waals surface area contributed by atoms with Gasteiger partial charge in [0.1, 0.15) is 17.7 Å². The lowest BCUT2D eigenvalue weighted by Crippen LogP contribution is -2.54. The zero-order valence-corrected chi connectivity index (χ0v) is 22.3. The molecule has 1 aliphatic carbocycles. The van der Waals surface area contributed by atoms with Crippen molar-refractivity contribution >= 4 is 23.8 Å². The van der Waals surface area contributed by atoms with Gasteiger partial charge in [0.05, 0.1) is 0 Å². The molecule has 0 heterocycles. The molecule has 1 fully saturated rings. The van der Waals surface area contributed by atoms with Gasteiger partial charge in [0.25, 0.3) is 0 Å². The molecular formula is C27H42N4O5. The summed E-state index contributed by atoms with van der Waals surface area (Å²) in [6, 6.07) is 5.62. The van der Waals surface area contributed by atoms with Crippen molar-refractivity contribution in [1.82, 2.24) is 15.5 Å². The summed E-state index contributed by atoms with van der Waals surface area (Å²) in [6.45, 7) is 9.77. The number of aryl methyl sites for hydroxylation is 1. The molecule has 0 bridgehead atoms. The number of ether oxygens (including phenoxy) is 1. The van der Waals surface area contributed by atoms with Crippen LogP contribution in [-0.4, -0.2) is 52.9 Å². The lowest BCUT2D eigenvalue weighted by Gasteiger charge is -2.34. The molecular weight excluding hydrogens is 460 g/mol. The van der Waals surface area contributed by atoms with Crippen molar-refractivity contribution < 1.29 is 23.9 Å². The highest BCUT2D eigenvalue weighted by Crippen LogP contribution is 2.36. The maximum absolute atomic E-state index is 13.9. The van der Waals surface area contributed by atoms with Crippen molar-refractivity contribution in [2.24, 2.45) is 5.73 Å². The van der Waals surface area contributed by atoms with Gasteiger partial charge in [-0.05, 0) is 64.0 Å². The Bertz CT molecular complexity index is 906. The standard InChI is InChI=1S/C27H42N4O5/c1-6-8-17-29-24(33)23(19-11-9-18(7-2)10-12-19)31(20-13-14-20)25(34)21(15-16-22(28)32)30-26(35)36-27(3,4)5/h9-12,20-21,23H,6-8,13-17H2,1-5H3,(H2,28,32)(H,29,33)(H,30,35). The van der Waals surface area contributed by atoms with Crippen molar-refractivity contribution in [2.45, 2.75) is 103 Å². The molecule has 36 heavy (non-hydrogen) atoms. The molecule has 0 saturated heterocycles. The van der Waals surface area contributed by atoms with Gasteiger partial charge in [-0.25, -0.2) is 4.79 Å². The molecule has 0 aromatic heterocycles. The highest BCUT2D eigenvalue weighted by molar-refractivity contribution is 5.93. The maximum Gasteiger partial charge on any atom is 0.408 e. The number of unbranched alkanes of at least 4 members (excludes halogenated alkanes) is 1.